The standard InChI is InChI=1S/C30H22BrClN4O/c1-37-24-9-5-6-20(17-24)27-18-28(21-7-4-8-22(31)16-21)36(35-27)30-33-26-11-3-2-10-25(26)29(34-30)19-12-14-23(32)15-13-19/h2-17,28H,18H2,1H3/t28-/m0/s1. The number of hydrazone groups is 1. The predicted octanol–water partition coefficient (Wildman–Crippen LogP) is 8.08. The number of anilines is 1. The van der Waals surface area contributed by atoms with Crippen molar-refractivity contribution >= 4 is 50.1 Å². The van der Waals surface area contributed by atoms with E-state index in [0.29, 0.717) is 17.4 Å². The van der Waals surface area contributed by atoms with Crippen LogP contribution in [0, 0.1) is 0 Å². The molecule has 0 spiro atoms. The number of hydrogen-bond donors (Lipinski definition) is 0. The van der Waals surface area contributed by atoms with Gasteiger partial charge in [-0.2, -0.15) is 5.10 Å². The van der Waals surface area contributed by atoms with Crippen molar-refractivity contribution in [3.8, 4) is 17.0 Å². The zero-order valence-electron chi connectivity index (χ0n) is 20.0. The molecular weight excluding hydrogens is 548 g/mol. The third kappa shape index (κ3) is 4.70. The smallest absolute Gasteiger partial charge is 0.247 e. The van der Waals surface area contributed by atoms with Crippen LogP contribution in [0.15, 0.2) is 107 Å². The summed E-state index contributed by atoms with van der Waals surface area (Å²) < 4.78 is 6.48. The molecule has 182 valence electrons. The Morgan fingerprint density at radius 1 is 0.865 bits per heavy atom. The third-order valence-electron chi connectivity index (χ3n) is 6.46. The Hall–Kier alpha value is -3.74. The molecule has 37 heavy (non-hydrogen) atoms. The summed E-state index contributed by atoms with van der Waals surface area (Å²) in [7, 11) is 1.67. The van der Waals surface area contributed by atoms with Crippen molar-refractivity contribution in [1.29, 1.82) is 0 Å². The van der Waals surface area contributed by atoms with Gasteiger partial charge in [-0.3, -0.25) is 0 Å². The highest BCUT2D eigenvalue weighted by molar-refractivity contribution is 9.10. The van der Waals surface area contributed by atoms with Gasteiger partial charge in [-0.25, -0.2) is 15.0 Å². The number of methoxy groups -OCH3 is 1. The second kappa shape index (κ2) is 9.96. The lowest BCUT2D eigenvalue weighted by atomic mass is 9.98. The Kier molecular flexibility index (Phi) is 6.37. The summed E-state index contributed by atoms with van der Waals surface area (Å²) in [6, 6.07) is 32.0. The third-order valence-corrected chi connectivity index (χ3v) is 7.21. The molecule has 2 heterocycles. The number of nitrogens with zero attached hydrogens (tertiary/aromatic N) is 4. The lowest BCUT2D eigenvalue weighted by Crippen LogP contribution is -2.21. The highest BCUT2D eigenvalue weighted by Crippen LogP contribution is 2.38. The van der Waals surface area contributed by atoms with Crippen LogP contribution < -0.4 is 9.75 Å². The van der Waals surface area contributed by atoms with Crippen molar-refractivity contribution in [1.82, 2.24) is 9.97 Å². The average Bonchev–Trinajstić information content (AvgIpc) is 3.39. The molecule has 6 rings (SSSR count). The van der Waals surface area contributed by atoms with Crippen molar-refractivity contribution in [2.45, 2.75) is 12.5 Å². The summed E-state index contributed by atoms with van der Waals surface area (Å²) in [4.78, 5) is 10.0. The Labute approximate surface area is 228 Å². The molecule has 4 aromatic carbocycles. The van der Waals surface area contributed by atoms with Gasteiger partial charge in [0.25, 0.3) is 0 Å². The second-order valence-electron chi connectivity index (χ2n) is 8.79. The summed E-state index contributed by atoms with van der Waals surface area (Å²) in [6.07, 6.45) is 0.704. The van der Waals surface area contributed by atoms with Crippen LogP contribution in [0.1, 0.15) is 23.6 Å². The number of ether oxygens (including phenoxy) is 1. The summed E-state index contributed by atoms with van der Waals surface area (Å²) in [6.45, 7) is 0. The van der Waals surface area contributed by atoms with Crippen LogP contribution in [0.4, 0.5) is 5.95 Å². The number of hydrogen-bond acceptors (Lipinski definition) is 5. The van der Waals surface area contributed by atoms with Gasteiger partial charge in [0.2, 0.25) is 5.95 Å². The minimum absolute atomic E-state index is 0.0714. The molecule has 0 fully saturated rings. The van der Waals surface area contributed by atoms with Gasteiger partial charge < -0.3 is 4.74 Å². The topological polar surface area (TPSA) is 50.6 Å². The van der Waals surface area contributed by atoms with Crippen molar-refractivity contribution in [2.24, 2.45) is 5.10 Å². The number of rotatable bonds is 5. The fraction of sp³-hybridized carbons (Fsp3) is 0.100. The Bertz CT molecular complexity index is 1640. The summed E-state index contributed by atoms with van der Waals surface area (Å²) >= 11 is 9.81. The number of fused-ring (bicyclic) bond motifs is 1. The minimum atomic E-state index is -0.0714. The molecule has 1 aliphatic heterocycles. The molecule has 0 saturated carbocycles. The van der Waals surface area contributed by atoms with Gasteiger partial charge in [0.15, 0.2) is 0 Å². The highest BCUT2D eigenvalue weighted by atomic mass is 79.9. The fourth-order valence-corrected chi connectivity index (χ4v) is 5.18. The van der Waals surface area contributed by atoms with E-state index in [1.54, 1.807) is 7.11 Å². The highest BCUT2D eigenvalue weighted by Gasteiger charge is 2.32. The number of benzene rings is 4. The Morgan fingerprint density at radius 3 is 2.49 bits per heavy atom. The van der Waals surface area contributed by atoms with Gasteiger partial charge in [0.1, 0.15) is 5.75 Å². The maximum atomic E-state index is 6.18. The van der Waals surface area contributed by atoms with Gasteiger partial charge in [0.05, 0.1) is 30.1 Å². The van der Waals surface area contributed by atoms with E-state index in [2.05, 4.69) is 34.1 Å². The van der Waals surface area contributed by atoms with Crippen molar-refractivity contribution in [2.75, 3.05) is 12.1 Å². The number of para-hydroxylation sites is 1. The molecule has 5 nitrogen and oxygen atoms in total. The van der Waals surface area contributed by atoms with E-state index in [1.807, 2.05) is 83.9 Å². The monoisotopic (exact) mass is 568 g/mol. The fourth-order valence-electron chi connectivity index (χ4n) is 4.64. The molecule has 0 saturated heterocycles. The van der Waals surface area contributed by atoms with Gasteiger partial charge in [-0.1, -0.05) is 82.1 Å². The van der Waals surface area contributed by atoms with E-state index in [4.69, 9.17) is 31.4 Å². The molecule has 0 N–H and O–H groups in total. The van der Waals surface area contributed by atoms with E-state index in [-0.39, 0.29) is 6.04 Å². The largest absolute Gasteiger partial charge is 0.497 e. The molecule has 0 radical (unpaired) electrons. The van der Waals surface area contributed by atoms with E-state index < -0.39 is 0 Å². The molecule has 0 bridgehead atoms. The second-order valence-corrected chi connectivity index (χ2v) is 10.1. The molecule has 1 atom stereocenters. The minimum Gasteiger partial charge on any atom is -0.497 e. The van der Waals surface area contributed by atoms with Crippen LogP contribution in [0.3, 0.4) is 0 Å². The molecule has 7 heteroatoms. The van der Waals surface area contributed by atoms with Crippen molar-refractivity contribution < 1.29 is 4.74 Å². The van der Waals surface area contributed by atoms with Crippen LogP contribution in [-0.4, -0.2) is 22.8 Å². The van der Waals surface area contributed by atoms with Crippen LogP contribution in [-0.2, 0) is 0 Å². The van der Waals surface area contributed by atoms with E-state index in [1.165, 1.54) is 0 Å². The summed E-state index contributed by atoms with van der Waals surface area (Å²) in [5, 5.41) is 8.69. The van der Waals surface area contributed by atoms with Crippen molar-refractivity contribution in [3.63, 3.8) is 0 Å². The summed E-state index contributed by atoms with van der Waals surface area (Å²) in [5.41, 5.74) is 5.76. The molecular formula is C30H22BrClN4O. The van der Waals surface area contributed by atoms with Crippen LogP contribution >= 0.6 is 27.5 Å². The van der Waals surface area contributed by atoms with Gasteiger partial charge in [-0.15, -0.1) is 0 Å². The Balaban J connectivity index is 1.53. The first-order valence-electron chi connectivity index (χ1n) is 11.9. The van der Waals surface area contributed by atoms with Gasteiger partial charge in [0, 0.05) is 32.4 Å². The first kappa shape index (κ1) is 23.6. The lowest BCUT2D eigenvalue weighted by molar-refractivity contribution is 0.414. The molecule has 1 aromatic heterocycles. The maximum absolute atomic E-state index is 6.18. The maximum Gasteiger partial charge on any atom is 0.247 e. The van der Waals surface area contributed by atoms with E-state index in [0.717, 1.165) is 49.2 Å². The molecule has 5 aromatic rings. The lowest BCUT2D eigenvalue weighted by Gasteiger charge is -2.23. The van der Waals surface area contributed by atoms with Gasteiger partial charge in [-0.05, 0) is 48.0 Å². The van der Waals surface area contributed by atoms with Crippen LogP contribution in [0.2, 0.25) is 5.02 Å². The molecule has 0 amide bonds. The normalized spacial score (nSPS) is 15.2. The molecule has 1 aliphatic rings. The van der Waals surface area contributed by atoms with Crippen LogP contribution in [0.25, 0.3) is 22.2 Å². The SMILES string of the molecule is COc1cccc(C2=NN(c3nc(-c4ccc(Cl)cc4)c4ccccc4n3)[C@H](c3cccc(Br)c3)C2)c1. The quantitative estimate of drug-likeness (QED) is 0.215. The average molecular weight is 570 g/mol. The first-order valence-corrected chi connectivity index (χ1v) is 13.1. The molecule has 0 unspecified atom stereocenters. The van der Waals surface area contributed by atoms with Gasteiger partial charge >= 0.3 is 0 Å². The zero-order valence-corrected chi connectivity index (χ0v) is 22.3. The number of halogens is 2. The van der Waals surface area contributed by atoms with E-state index in [9.17, 15) is 0 Å². The Morgan fingerprint density at radius 2 is 1.68 bits per heavy atom. The first-order chi connectivity index (χ1) is 18.1. The van der Waals surface area contributed by atoms with Crippen molar-refractivity contribution in [3.05, 3.63) is 118 Å². The predicted molar refractivity (Wildman–Crippen MR) is 153 cm³/mol. The number of aromatic nitrogens is 2. The van der Waals surface area contributed by atoms with E-state index >= 15 is 0 Å². The zero-order chi connectivity index (χ0) is 25.4. The summed E-state index contributed by atoms with van der Waals surface area (Å²) in [5.74, 6) is 1.34. The molecule has 0 aliphatic carbocycles. The van der Waals surface area contributed by atoms with Crippen LogP contribution in [0.5, 0.6) is 5.75 Å².